The second-order valence-electron chi connectivity index (χ2n) is 4.32. The first-order valence-electron chi connectivity index (χ1n) is 5.87. The zero-order chi connectivity index (χ0) is 14.6. The lowest BCUT2D eigenvalue weighted by molar-refractivity contribution is -0.384. The van der Waals surface area contributed by atoms with E-state index >= 15 is 0 Å². The predicted molar refractivity (Wildman–Crippen MR) is 76.9 cm³/mol. The second-order valence-corrected chi connectivity index (χ2v) is 5.18. The van der Waals surface area contributed by atoms with Crippen LogP contribution >= 0.6 is 15.9 Å². The Hall–Kier alpha value is -1.47. The maximum atomic E-state index is 11.9. The van der Waals surface area contributed by atoms with Crippen molar-refractivity contribution >= 4 is 33.2 Å². The summed E-state index contributed by atoms with van der Waals surface area (Å²) in [7, 11) is 0. The summed E-state index contributed by atoms with van der Waals surface area (Å²) in [5.41, 5.74) is 6.06. The van der Waals surface area contributed by atoms with Gasteiger partial charge in [-0.1, -0.05) is 20.3 Å². The average Bonchev–Trinajstić information content (AvgIpc) is 2.38. The van der Waals surface area contributed by atoms with Gasteiger partial charge in [0, 0.05) is 16.6 Å². The molecule has 1 unspecified atom stereocenters. The number of nitrogens with two attached hydrogens (primary N) is 1. The van der Waals surface area contributed by atoms with E-state index in [1.807, 2.05) is 13.8 Å². The second kappa shape index (κ2) is 6.63. The number of carbonyl (C=O) groups excluding carboxylic acids is 1. The quantitative estimate of drug-likeness (QED) is 0.640. The van der Waals surface area contributed by atoms with Crippen LogP contribution < -0.4 is 11.1 Å². The van der Waals surface area contributed by atoms with Gasteiger partial charge in [0.15, 0.2) is 0 Å². The van der Waals surface area contributed by atoms with Crippen molar-refractivity contribution in [3.8, 4) is 0 Å². The Morgan fingerprint density at radius 1 is 1.58 bits per heavy atom. The van der Waals surface area contributed by atoms with Gasteiger partial charge in [0.05, 0.1) is 16.7 Å². The summed E-state index contributed by atoms with van der Waals surface area (Å²) in [4.78, 5) is 22.1. The molecular weight excluding hydrogens is 314 g/mol. The molecule has 3 N–H and O–H groups in total. The van der Waals surface area contributed by atoms with E-state index < -0.39 is 11.0 Å². The van der Waals surface area contributed by atoms with Gasteiger partial charge in [0.1, 0.15) is 0 Å². The Kier molecular flexibility index (Phi) is 5.44. The Morgan fingerprint density at radius 3 is 2.74 bits per heavy atom. The maximum absolute atomic E-state index is 11.9. The maximum Gasteiger partial charge on any atom is 0.271 e. The van der Waals surface area contributed by atoms with E-state index in [0.29, 0.717) is 10.2 Å². The van der Waals surface area contributed by atoms with Gasteiger partial charge in [-0.2, -0.15) is 0 Å². The largest absolute Gasteiger partial charge is 0.323 e. The number of amides is 1. The van der Waals surface area contributed by atoms with Gasteiger partial charge in [0.25, 0.3) is 5.69 Å². The normalized spacial score (nSPS) is 13.7. The molecule has 0 aliphatic rings. The lowest BCUT2D eigenvalue weighted by atomic mass is 9.99. The van der Waals surface area contributed by atoms with Crippen LogP contribution in [0, 0.1) is 16.0 Å². The van der Waals surface area contributed by atoms with Crippen molar-refractivity contribution in [1.82, 2.24) is 0 Å². The molecule has 0 saturated heterocycles. The van der Waals surface area contributed by atoms with Crippen molar-refractivity contribution in [3.05, 3.63) is 32.8 Å². The fourth-order valence-corrected chi connectivity index (χ4v) is 1.80. The fourth-order valence-electron chi connectivity index (χ4n) is 1.45. The molecule has 0 aromatic heterocycles. The molecule has 0 heterocycles. The third kappa shape index (κ3) is 4.00. The zero-order valence-corrected chi connectivity index (χ0v) is 12.3. The zero-order valence-electron chi connectivity index (χ0n) is 10.7. The van der Waals surface area contributed by atoms with E-state index in [2.05, 4.69) is 21.2 Å². The van der Waals surface area contributed by atoms with Gasteiger partial charge in [-0.25, -0.2) is 0 Å². The third-order valence-corrected chi connectivity index (χ3v) is 3.67. The number of non-ortho nitro benzene ring substituents is 1. The highest BCUT2D eigenvalue weighted by Gasteiger charge is 2.21. The molecule has 0 fully saturated rings. The summed E-state index contributed by atoms with van der Waals surface area (Å²) < 4.78 is 0.572. The van der Waals surface area contributed by atoms with E-state index in [0.717, 1.165) is 6.42 Å². The molecule has 0 spiro atoms. The van der Waals surface area contributed by atoms with Gasteiger partial charge >= 0.3 is 0 Å². The summed E-state index contributed by atoms with van der Waals surface area (Å²) in [5, 5.41) is 13.3. The lowest BCUT2D eigenvalue weighted by Gasteiger charge is -2.18. The summed E-state index contributed by atoms with van der Waals surface area (Å²) >= 11 is 3.23. The smallest absolute Gasteiger partial charge is 0.271 e. The molecule has 0 bridgehead atoms. The van der Waals surface area contributed by atoms with E-state index in [-0.39, 0.29) is 17.5 Å². The van der Waals surface area contributed by atoms with Crippen molar-refractivity contribution in [2.45, 2.75) is 26.3 Å². The standard InChI is InChI=1S/C12H16BrN3O3/c1-3-7(2)11(14)12(17)15-10-6-8(16(18)19)4-5-9(10)13/h4-7,11H,3,14H2,1-2H3,(H,15,17)/t7?,11-/m0/s1. The summed E-state index contributed by atoms with van der Waals surface area (Å²) in [6.45, 7) is 3.83. The number of carbonyl (C=O) groups is 1. The molecule has 1 amide bonds. The first-order chi connectivity index (χ1) is 8.86. The fraction of sp³-hybridized carbons (Fsp3) is 0.417. The van der Waals surface area contributed by atoms with Crippen molar-refractivity contribution < 1.29 is 9.72 Å². The molecule has 0 aliphatic carbocycles. The number of halogens is 1. The highest BCUT2D eigenvalue weighted by molar-refractivity contribution is 9.10. The minimum atomic E-state index is -0.642. The molecule has 7 heteroatoms. The summed E-state index contributed by atoms with van der Waals surface area (Å²) in [5.74, 6) is -0.312. The molecule has 104 valence electrons. The molecular formula is C12H16BrN3O3. The molecule has 1 aromatic carbocycles. The van der Waals surface area contributed by atoms with Crippen LogP contribution in [0.4, 0.5) is 11.4 Å². The van der Waals surface area contributed by atoms with E-state index in [1.165, 1.54) is 18.2 Å². The molecule has 0 radical (unpaired) electrons. The average molecular weight is 330 g/mol. The number of nitrogens with zero attached hydrogens (tertiary/aromatic N) is 1. The van der Waals surface area contributed by atoms with Crippen LogP contribution in [-0.4, -0.2) is 16.9 Å². The van der Waals surface area contributed by atoms with E-state index in [1.54, 1.807) is 0 Å². The Morgan fingerprint density at radius 2 is 2.21 bits per heavy atom. The number of benzene rings is 1. The topological polar surface area (TPSA) is 98.3 Å². The Balaban J connectivity index is 2.90. The van der Waals surface area contributed by atoms with Crippen LogP contribution in [-0.2, 0) is 4.79 Å². The van der Waals surface area contributed by atoms with Crippen LogP contribution in [0.1, 0.15) is 20.3 Å². The SMILES string of the molecule is CCC(C)[C@H](N)C(=O)Nc1cc([N+](=O)[O-])ccc1Br. The van der Waals surface area contributed by atoms with Gasteiger partial charge in [-0.3, -0.25) is 14.9 Å². The lowest BCUT2D eigenvalue weighted by Crippen LogP contribution is -2.40. The monoisotopic (exact) mass is 329 g/mol. The Bertz CT molecular complexity index is 493. The van der Waals surface area contributed by atoms with Crippen LogP contribution in [0.2, 0.25) is 0 Å². The molecule has 2 atom stereocenters. The van der Waals surface area contributed by atoms with Crippen molar-refractivity contribution in [2.24, 2.45) is 11.7 Å². The van der Waals surface area contributed by atoms with Crippen LogP contribution in [0.15, 0.2) is 22.7 Å². The number of nitro benzene ring substituents is 1. The molecule has 6 nitrogen and oxygen atoms in total. The minimum absolute atomic E-state index is 0.0393. The van der Waals surface area contributed by atoms with Crippen LogP contribution in [0.5, 0.6) is 0 Å². The van der Waals surface area contributed by atoms with Crippen LogP contribution in [0.25, 0.3) is 0 Å². The number of rotatable bonds is 5. The summed E-state index contributed by atoms with van der Waals surface area (Å²) in [6, 6.07) is 3.53. The molecule has 1 aromatic rings. The number of hydrogen-bond acceptors (Lipinski definition) is 4. The molecule has 0 aliphatic heterocycles. The van der Waals surface area contributed by atoms with Gasteiger partial charge in [-0.15, -0.1) is 0 Å². The highest BCUT2D eigenvalue weighted by atomic mass is 79.9. The summed E-state index contributed by atoms with van der Waals surface area (Å²) in [6.07, 6.45) is 0.782. The van der Waals surface area contributed by atoms with Crippen LogP contribution in [0.3, 0.4) is 0 Å². The van der Waals surface area contributed by atoms with Crippen molar-refractivity contribution in [1.29, 1.82) is 0 Å². The van der Waals surface area contributed by atoms with E-state index in [9.17, 15) is 14.9 Å². The Labute approximate surface area is 119 Å². The first-order valence-corrected chi connectivity index (χ1v) is 6.66. The first kappa shape index (κ1) is 15.6. The number of nitro groups is 1. The van der Waals surface area contributed by atoms with Gasteiger partial charge < -0.3 is 11.1 Å². The van der Waals surface area contributed by atoms with Crippen molar-refractivity contribution in [3.63, 3.8) is 0 Å². The molecule has 1 rings (SSSR count). The molecule has 0 saturated carbocycles. The van der Waals surface area contributed by atoms with Gasteiger partial charge in [0.2, 0.25) is 5.91 Å². The number of nitrogens with one attached hydrogen (secondary N) is 1. The molecule has 19 heavy (non-hydrogen) atoms. The highest BCUT2D eigenvalue weighted by Crippen LogP contribution is 2.27. The minimum Gasteiger partial charge on any atom is -0.323 e. The van der Waals surface area contributed by atoms with Gasteiger partial charge in [-0.05, 0) is 27.9 Å². The predicted octanol–water partition coefficient (Wildman–Crippen LogP) is 2.67. The number of anilines is 1. The third-order valence-electron chi connectivity index (χ3n) is 2.98. The number of hydrogen-bond donors (Lipinski definition) is 2. The van der Waals surface area contributed by atoms with E-state index in [4.69, 9.17) is 5.73 Å². The van der Waals surface area contributed by atoms with Crippen molar-refractivity contribution in [2.75, 3.05) is 5.32 Å².